The third-order valence-electron chi connectivity index (χ3n) is 4.84. The maximum Gasteiger partial charge on any atom is 0.335 e. The molecule has 1 amide bonds. The fourth-order valence-corrected chi connectivity index (χ4v) is 3.29. The molecule has 0 aliphatic rings. The van der Waals surface area contributed by atoms with Crippen LogP contribution in [0.1, 0.15) is 27.3 Å². The monoisotopic (exact) mass is 415 g/mol. The number of benzene rings is 2. The van der Waals surface area contributed by atoms with Gasteiger partial charge in [-0.05, 0) is 68.0 Å². The number of amides is 1. The number of methoxy groups -OCH3 is 1. The number of hydrogen-bond donors (Lipinski definition) is 2. The molecule has 0 spiro atoms. The van der Waals surface area contributed by atoms with Crippen LogP contribution in [0.2, 0.25) is 0 Å². The Labute approximate surface area is 179 Å². The first-order valence-corrected chi connectivity index (χ1v) is 9.44. The van der Waals surface area contributed by atoms with Gasteiger partial charge in [0.25, 0.3) is 5.91 Å². The molecule has 0 atom stereocenters. The van der Waals surface area contributed by atoms with Crippen molar-refractivity contribution in [1.29, 1.82) is 5.26 Å². The number of aromatic carboxylic acids is 1. The van der Waals surface area contributed by atoms with Crippen LogP contribution in [-0.4, -0.2) is 28.7 Å². The molecular weight excluding hydrogens is 394 g/mol. The van der Waals surface area contributed by atoms with Gasteiger partial charge in [0.1, 0.15) is 17.4 Å². The fraction of sp³-hybridized carbons (Fsp3) is 0.125. The average molecular weight is 415 g/mol. The lowest BCUT2D eigenvalue weighted by Gasteiger charge is -2.10. The molecule has 3 rings (SSSR count). The molecule has 31 heavy (non-hydrogen) atoms. The summed E-state index contributed by atoms with van der Waals surface area (Å²) in [4.78, 5) is 23.7. The number of carboxylic acid groups (broad SMARTS) is 1. The van der Waals surface area contributed by atoms with E-state index in [-0.39, 0.29) is 11.1 Å². The number of aryl methyl sites for hydroxylation is 1. The van der Waals surface area contributed by atoms with Crippen LogP contribution in [-0.2, 0) is 4.79 Å². The van der Waals surface area contributed by atoms with Crippen molar-refractivity contribution < 1.29 is 19.4 Å². The Morgan fingerprint density at radius 3 is 2.45 bits per heavy atom. The first-order valence-electron chi connectivity index (χ1n) is 9.44. The second-order valence-corrected chi connectivity index (χ2v) is 6.87. The van der Waals surface area contributed by atoms with E-state index >= 15 is 0 Å². The van der Waals surface area contributed by atoms with E-state index in [4.69, 9.17) is 9.84 Å². The standard InChI is InChI=1S/C24H21N3O4/c1-15-11-18(16(2)27(15)21-9-7-17(8-10-21)24(29)30)12-19(14-25)23(28)26-20-5-4-6-22(13-20)31-3/h4-13H,1-3H3,(H,26,28)(H,29,30)/b19-12-. The lowest BCUT2D eigenvalue weighted by molar-refractivity contribution is -0.112. The Balaban J connectivity index is 1.91. The van der Waals surface area contributed by atoms with Crippen molar-refractivity contribution in [3.05, 3.63) is 82.7 Å². The van der Waals surface area contributed by atoms with Crippen molar-refractivity contribution in [1.82, 2.24) is 4.57 Å². The maximum absolute atomic E-state index is 12.6. The molecular formula is C24H21N3O4. The van der Waals surface area contributed by atoms with Gasteiger partial charge in [-0.25, -0.2) is 4.79 Å². The van der Waals surface area contributed by atoms with Gasteiger partial charge in [-0.15, -0.1) is 0 Å². The minimum absolute atomic E-state index is 0.0377. The number of carbonyl (C=O) groups is 2. The number of rotatable bonds is 6. The molecule has 3 aromatic rings. The van der Waals surface area contributed by atoms with E-state index in [1.807, 2.05) is 30.6 Å². The van der Waals surface area contributed by atoms with Gasteiger partial charge in [0.2, 0.25) is 0 Å². The normalized spacial score (nSPS) is 11.0. The Morgan fingerprint density at radius 1 is 1.13 bits per heavy atom. The minimum atomic E-state index is -0.989. The van der Waals surface area contributed by atoms with Crippen molar-refractivity contribution >= 4 is 23.6 Å². The number of nitrogens with zero attached hydrogens (tertiary/aromatic N) is 2. The van der Waals surface area contributed by atoms with Crippen LogP contribution < -0.4 is 10.1 Å². The lowest BCUT2D eigenvalue weighted by atomic mass is 10.1. The molecule has 0 aliphatic carbocycles. The zero-order valence-electron chi connectivity index (χ0n) is 17.3. The highest BCUT2D eigenvalue weighted by atomic mass is 16.5. The first-order chi connectivity index (χ1) is 14.8. The van der Waals surface area contributed by atoms with E-state index in [0.717, 1.165) is 22.6 Å². The molecule has 0 fully saturated rings. The third kappa shape index (κ3) is 4.65. The molecule has 0 saturated heterocycles. The van der Waals surface area contributed by atoms with Gasteiger partial charge in [0.05, 0.1) is 12.7 Å². The van der Waals surface area contributed by atoms with Crippen LogP contribution in [0.25, 0.3) is 11.8 Å². The molecule has 0 aliphatic heterocycles. The number of nitrogens with one attached hydrogen (secondary N) is 1. The molecule has 0 unspecified atom stereocenters. The van der Waals surface area contributed by atoms with Crippen molar-refractivity contribution in [2.75, 3.05) is 12.4 Å². The second-order valence-electron chi connectivity index (χ2n) is 6.87. The number of carboxylic acids is 1. The van der Waals surface area contributed by atoms with Crippen LogP contribution >= 0.6 is 0 Å². The van der Waals surface area contributed by atoms with Crippen LogP contribution in [0.3, 0.4) is 0 Å². The second kappa shape index (κ2) is 9.01. The lowest BCUT2D eigenvalue weighted by Crippen LogP contribution is -2.13. The SMILES string of the molecule is COc1cccc(NC(=O)/C(C#N)=C\c2cc(C)n(-c3ccc(C(=O)O)cc3)c2C)c1. The van der Waals surface area contributed by atoms with E-state index < -0.39 is 11.9 Å². The summed E-state index contributed by atoms with van der Waals surface area (Å²) < 4.78 is 7.08. The molecule has 2 aromatic carbocycles. The third-order valence-corrected chi connectivity index (χ3v) is 4.84. The summed E-state index contributed by atoms with van der Waals surface area (Å²) >= 11 is 0. The smallest absolute Gasteiger partial charge is 0.335 e. The van der Waals surface area contributed by atoms with Gasteiger partial charge in [-0.2, -0.15) is 5.26 Å². The predicted octanol–water partition coefficient (Wildman–Crippen LogP) is 4.35. The molecule has 0 bridgehead atoms. The summed E-state index contributed by atoms with van der Waals surface area (Å²) in [6.45, 7) is 3.77. The van der Waals surface area contributed by atoms with Gasteiger partial charge in [0, 0.05) is 28.8 Å². The van der Waals surface area contributed by atoms with Crippen molar-refractivity contribution in [3.8, 4) is 17.5 Å². The van der Waals surface area contributed by atoms with E-state index in [2.05, 4.69) is 5.32 Å². The molecule has 0 saturated carbocycles. The van der Waals surface area contributed by atoms with E-state index in [9.17, 15) is 14.9 Å². The van der Waals surface area contributed by atoms with Crippen molar-refractivity contribution in [2.45, 2.75) is 13.8 Å². The highest BCUT2D eigenvalue weighted by Gasteiger charge is 2.14. The van der Waals surface area contributed by atoms with Gasteiger partial charge in [-0.3, -0.25) is 4.79 Å². The van der Waals surface area contributed by atoms with Crippen LogP contribution in [0.4, 0.5) is 5.69 Å². The van der Waals surface area contributed by atoms with Crippen molar-refractivity contribution in [2.24, 2.45) is 0 Å². The maximum atomic E-state index is 12.6. The van der Waals surface area contributed by atoms with E-state index in [1.165, 1.54) is 19.2 Å². The molecule has 2 N–H and O–H groups in total. The Kier molecular flexibility index (Phi) is 6.22. The Bertz CT molecular complexity index is 1210. The zero-order chi connectivity index (χ0) is 22.5. The Morgan fingerprint density at radius 2 is 1.84 bits per heavy atom. The van der Waals surface area contributed by atoms with E-state index in [1.54, 1.807) is 42.5 Å². The van der Waals surface area contributed by atoms with Gasteiger partial charge >= 0.3 is 5.97 Å². The van der Waals surface area contributed by atoms with Crippen molar-refractivity contribution in [3.63, 3.8) is 0 Å². The Hall–Kier alpha value is -4.31. The molecule has 7 nitrogen and oxygen atoms in total. The van der Waals surface area contributed by atoms with Crippen LogP contribution in [0.5, 0.6) is 5.75 Å². The van der Waals surface area contributed by atoms with Gasteiger partial charge in [-0.1, -0.05) is 6.07 Å². The first kappa shape index (κ1) is 21.4. The zero-order valence-corrected chi connectivity index (χ0v) is 17.3. The summed E-state index contributed by atoms with van der Waals surface area (Å²) in [6, 6.07) is 17.2. The topological polar surface area (TPSA) is 104 Å². The molecule has 7 heteroatoms. The number of aromatic nitrogens is 1. The average Bonchev–Trinajstić information content (AvgIpc) is 3.04. The van der Waals surface area contributed by atoms with Gasteiger partial charge < -0.3 is 19.7 Å². The molecule has 156 valence electrons. The van der Waals surface area contributed by atoms with Crippen LogP contribution in [0.15, 0.2) is 60.2 Å². The largest absolute Gasteiger partial charge is 0.497 e. The molecule has 0 radical (unpaired) electrons. The fourth-order valence-electron chi connectivity index (χ4n) is 3.29. The number of ether oxygens (including phenoxy) is 1. The number of hydrogen-bond acceptors (Lipinski definition) is 4. The number of anilines is 1. The highest BCUT2D eigenvalue weighted by Crippen LogP contribution is 2.24. The highest BCUT2D eigenvalue weighted by molar-refractivity contribution is 6.09. The molecule has 1 heterocycles. The number of nitriles is 1. The number of carbonyl (C=O) groups excluding carboxylic acids is 1. The summed E-state index contributed by atoms with van der Waals surface area (Å²) in [5, 5.41) is 21.3. The van der Waals surface area contributed by atoms with Crippen LogP contribution in [0, 0.1) is 25.2 Å². The summed E-state index contributed by atoms with van der Waals surface area (Å²) in [5.74, 6) is -0.916. The van der Waals surface area contributed by atoms with E-state index in [0.29, 0.717) is 11.4 Å². The predicted molar refractivity (Wildman–Crippen MR) is 117 cm³/mol. The minimum Gasteiger partial charge on any atom is -0.497 e. The summed E-state index contributed by atoms with van der Waals surface area (Å²) in [6.07, 6.45) is 1.54. The summed E-state index contributed by atoms with van der Waals surface area (Å²) in [5.41, 5.74) is 3.90. The molecule has 1 aromatic heterocycles. The summed E-state index contributed by atoms with van der Waals surface area (Å²) in [7, 11) is 1.53. The van der Waals surface area contributed by atoms with Gasteiger partial charge in [0.15, 0.2) is 0 Å². The quantitative estimate of drug-likeness (QED) is 0.460.